The van der Waals surface area contributed by atoms with E-state index in [1.165, 1.54) is 16.7 Å². The number of nitrogens with one attached hydrogen (secondary N) is 2. The summed E-state index contributed by atoms with van der Waals surface area (Å²) in [6.45, 7) is 7.02. The van der Waals surface area contributed by atoms with Crippen molar-refractivity contribution in [3.05, 3.63) is 71.2 Å². The summed E-state index contributed by atoms with van der Waals surface area (Å²) >= 11 is 0. The molecule has 1 radical (unpaired) electrons. The summed E-state index contributed by atoms with van der Waals surface area (Å²) in [5, 5.41) is 0. The Morgan fingerprint density at radius 3 is 1.95 bits per heavy atom. The predicted octanol–water partition coefficient (Wildman–Crippen LogP) is 5.11. The third-order valence-electron chi connectivity index (χ3n) is 3.22. The van der Waals surface area contributed by atoms with E-state index in [0.717, 1.165) is 5.56 Å². The summed E-state index contributed by atoms with van der Waals surface area (Å²) in [7, 11) is 0. The van der Waals surface area contributed by atoms with Gasteiger partial charge in [-0.2, -0.15) is 0 Å². The molecule has 2 aromatic rings. The SMILES string of the molecule is CC(C)(C)c1ccc(-c2cccc(C[NH-])c2)cc1.[NH-]N.[Y]. The van der Waals surface area contributed by atoms with Gasteiger partial charge in [0.25, 0.3) is 0 Å². The average molecular weight is 358 g/mol. The van der Waals surface area contributed by atoms with Crippen LogP contribution in [0.4, 0.5) is 0 Å². The molecule has 2 rings (SSSR count). The third kappa shape index (κ3) is 5.97. The van der Waals surface area contributed by atoms with Crippen LogP contribution in [0.3, 0.4) is 0 Å². The summed E-state index contributed by atoms with van der Waals surface area (Å²) in [5.41, 5.74) is 12.4. The van der Waals surface area contributed by atoms with Crippen LogP contribution in [0.15, 0.2) is 48.5 Å². The van der Waals surface area contributed by atoms with E-state index in [-0.39, 0.29) is 38.1 Å². The van der Waals surface area contributed by atoms with Crippen LogP contribution in [0.5, 0.6) is 0 Å². The molecule has 0 unspecified atom stereocenters. The van der Waals surface area contributed by atoms with E-state index in [2.05, 4.69) is 63.0 Å². The third-order valence-corrected chi connectivity index (χ3v) is 3.22. The molecule has 0 spiro atoms. The van der Waals surface area contributed by atoms with Crippen molar-refractivity contribution < 1.29 is 32.7 Å². The summed E-state index contributed by atoms with van der Waals surface area (Å²) in [6.07, 6.45) is 0. The Labute approximate surface area is 153 Å². The number of benzene rings is 2. The van der Waals surface area contributed by atoms with Gasteiger partial charge in [-0.05, 0) is 22.1 Å². The second kappa shape index (κ2) is 9.44. The molecule has 0 fully saturated rings. The molecule has 4 N–H and O–H groups in total. The average Bonchev–Trinajstić information content (AvgIpc) is 2.48. The fourth-order valence-electron chi connectivity index (χ4n) is 2.02. The first-order valence-electron chi connectivity index (χ1n) is 6.64. The molecule has 2 aromatic carbocycles. The summed E-state index contributed by atoms with van der Waals surface area (Å²) in [5.74, 6) is 9.00. The van der Waals surface area contributed by atoms with Crippen LogP contribution in [0, 0.1) is 0 Å². The Hall–Kier alpha value is -0.576. The van der Waals surface area contributed by atoms with E-state index < -0.39 is 0 Å². The second-order valence-corrected chi connectivity index (χ2v) is 5.70. The van der Waals surface area contributed by atoms with Gasteiger partial charge in [-0.15, -0.1) is 6.54 Å². The molecule has 0 aromatic heterocycles. The zero-order chi connectivity index (χ0) is 15.2. The monoisotopic (exact) mass is 358 g/mol. The molecule has 0 saturated heterocycles. The largest absolute Gasteiger partial charge is 0.674 e. The van der Waals surface area contributed by atoms with Crippen molar-refractivity contribution in [2.24, 2.45) is 5.84 Å². The van der Waals surface area contributed by atoms with Crippen LogP contribution >= 0.6 is 0 Å². The molecule has 111 valence electrons. The van der Waals surface area contributed by atoms with Crippen LogP contribution in [-0.2, 0) is 44.7 Å². The van der Waals surface area contributed by atoms with Gasteiger partial charge in [0.2, 0.25) is 0 Å². The molecule has 0 aliphatic rings. The number of nitrogens with two attached hydrogens (primary N) is 1. The van der Waals surface area contributed by atoms with Gasteiger partial charge in [0, 0.05) is 32.7 Å². The van der Waals surface area contributed by atoms with E-state index >= 15 is 0 Å². The first kappa shape index (κ1) is 20.4. The number of hydrogen-bond acceptors (Lipinski definition) is 1. The maximum Gasteiger partial charge on any atom is 0 e. The summed E-state index contributed by atoms with van der Waals surface area (Å²) in [4.78, 5) is 0. The minimum Gasteiger partial charge on any atom is -0.674 e. The number of rotatable bonds is 2. The summed E-state index contributed by atoms with van der Waals surface area (Å²) < 4.78 is 0. The van der Waals surface area contributed by atoms with Crippen LogP contribution in [-0.4, -0.2) is 0 Å². The van der Waals surface area contributed by atoms with Gasteiger partial charge in [0.1, 0.15) is 0 Å². The Balaban J connectivity index is 0.00000128. The van der Waals surface area contributed by atoms with E-state index in [0.29, 0.717) is 6.54 Å². The fourth-order valence-corrected chi connectivity index (χ4v) is 2.02. The molecule has 0 bridgehead atoms. The maximum absolute atomic E-state index is 7.42. The molecule has 0 atom stereocenters. The topological polar surface area (TPSA) is 73.6 Å². The van der Waals surface area contributed by atoms with Gasteiger partial charge in [0.05, 0.1) is 0 Å². The first-order valence-corrected chi connectivity index (χ1v) is 6.64. The minimum absolute atomic E-state index is 0. The van der Waals surface area contributed by atoms with Gasteiger partial charge in [-0.1, -0.05) is 74.9 Å². The molecule has 3 nitrogen and oxygen atoms in total. The minimum atomic E-state index is 0. The molecular weight excluding hydrogens is 335 g/mol. The van der Waals surface area contributed by atoms with E-state index in [1.54, 1.807) is 0 Å². The van der Waals surface area contributed by atoms with Gasteiger partial charge < -0.3 is 17.4 Å². The molecular formula is C17H23N3Y-2. The van der Waals surface area contributed by atoms with Crippen molar-refractivity contribution in [2.45, 2.75) is 32.7 Å². The molecule has 4 heteroatoms. The summed E-state index contributed by atoms with van der Waals surface area (Å²) in [6, 6.07) is 17.0. The van der Waals surface area contributed by atoms with Crippen LogP contribution in [0.2, 0.25) is 0 Å². The second-order valence-electron chi connectivity index (χ2n) is 5.70. The van der Waals surface area contributed by atoms with Crippen molar-refractivity contribution in [1.82, 2.24) is 0 Å². The smallest absolute Gasteiger partial charge is 0 e. The number of hydrogen-bond donors (Lipinski definition) is 1. The Morgan fingerprint density at radius 2 is 1.48 bits per heavy atom. The molecule has 0 aliphatic carbocycles. The molecule has 0 aliphatic heterocycles. The Kier molecular flexibility index (Phi) is 9.18. The maximum atomic E-state index is 7.42. The van der Waals surface area contributed by atoms with Crippen molar-refractivity contribution in [1.29, 1.82) is 0 Å². The van der Waals surface area contributed by atoms with Crippen LogP contribution < -0.4 is 5.84 Å². The van der Waals surface area contributed by atoms with Gasteiger partial charge in [-0.25, -0.2) is 0 Å². The first-order chi connectivity index (χ1) is 9.50. The van der Waals surface area contributed by atoms with Gasteiger partial charge >= 0.3 is 0 Å². The van der Waals surface area contributed by atoms with Crippen LogP contribution in [0.25, 0.3) is 22.7 Å². The Bertz CT molecular complexity index is 530. The van der Waals surface area contributed by atoms with E-state index in [9.17, 15) is 0 Å². The van der Waals surface area contributed by atoms with Gasteiger partial charge in [-0.3, -0.25) is 0 Å². The molecule has 0 amide bonds. The zero-order valence-electron chi connectivity index (χ0n) is 13.0. The fraction of sp³-hybridized carbons (Fsp3) is 0.294. The van der Waals surface area contributed by atoms with Crippen LogP contribution in [0.1, 0.15) is 31.9 Å². The predicted molar refractivity (Wildman–Crippen MR) is 87.1 cm³/mol. The quantitative estimate of drug-likeness (QED) is 0.588. The van der Waals surface area contributed by atoms with E-state index in [1.807, 2.05) is 12.1 Å². The Morgan fingerprint density at radius 1 is 0.905 bits per heavy atom. The zero-order valence-corrected chi connectivity index (χ0v) is 15.8. The normalized spacial score (nSPS) is 10.2. The van der Waals surface area contributed by atoms with Gasteiger partial charge in [0.15, 0.2) is 0 Å². The van der Waals surface area contributed by atoms with Crippen molar-refractivity contribution >= 4 is 0 Å². The van der Waals surface area contributed by atoms with Crippen molar-refractivity contribution in [3.8, 4) is 11.1 Å². The van der Waals surface area contributed by atoms with Crippen molar-refractivity contribution in [3.63, 3.8) is 0 Å². The van der Waals surface area contributed by atoms with Crippen molar-refractivity contribution in [2.75, 3.05) is 0 Å². The molecule has 21 heavy (non-hydrogen) atoms. The molecule has 0 saturated carbocycles. The molecule has 0 heterocycles. The van der Waals surface area contributed by atoms with E-state index in [4.69, 9.17) is 11.6 Å². The standard InChI is InChI=1S/C17H20N.H3N2.Y/c1-17(2,3)16-9-7-14(8-10-16)15-6-4-5-13(11-15)12-18;1-2;/h4-11,18H,12H2,1-3H3;1H,2H2;/q2*-1;.